The predicted molar refractivity (Wildman–Crippen MR) is 224 cm³/mol. The average molecular weight is 909 g/mol. The van der Waals surface area contributed by atoms with Crippen molar-refractivity contribution in [3.05, 3.63) is 178 Å². The topological polar surface area (TPSA) is 174 Å². The monoisotopic (exact) mass is 908 g/mol. The minimum atomic E-state index is -3.86. The molecule has 18 heteroatoms. The summed E-state index contributed by atoms with van der Waals surface area (Å²) in [5.74, 6) is -4.58. The van der Waals surface area contributed by atoms with E-state index < -0.39 is 55.3 Å². The largest absolute Gasteiger partial charge is 0.478 e. The van der Waals surface area contributed by atoms with E-state index >= 15 is 0 Å². The number of benzene rings is 6. The Bertz CT molecular complexity index is 2830. The molecular weight excluding hydrogens is 869 g/mol. The van der Waals surface area contributed by atoms with E-state index in [2.05, 4.69) is 14.2 Å². The van der Waals surface area contributed by atoms with Gasteiger partial charge < -0.3 is 19.3 Å². The molecule has 6 aromatic rings. The van der Waals surface area contributed by atoms with E-state index in [1.54, 1.807) is 68.4 Å². The first kappa shape index (κ1) is 47.4. The molecule has 0 amide bonds. The van der Waals surface area contributed by atoms with Crippen molar-refractivity contribution in [1.82, 2.24) is 9.44 Å². The zero-order valence-corrected chi connectivity index (χ0v) is 35.5. The van der Waals surface area contributed by atoms with Crippen LogP contribution in [0.2, 0.25) is 0 Å². The number of carboxylic acid groups (broad SMARTS) is 1. The van der Waals surface area contributed by atoms with E-state index in [9.17, 15) is 44.0 Å². The number of carbonyl (C=O) groups excluding carboxylic acids is 1. The molecule has 0 aliphatic heterocycles. The maximum absolute atomic E-state index is 13.3. The first-order valence-corrected chi connectivity index (χ1v) is 21.8. The molecule has 6 aromatic carbocycles. The number of rotatable bonds is 16. The number of carbonyl (C=O) groups is 2. The van der Waals surface area contributed by atoms with Crippen LogP contribution in [0.4, 0.5) is 17.6 Å². The molecule has 0 fully saturated rings. The highest BCUT2D eigenvalue weighted by Gasteiger charge is 2.19. The van der Waals surface area contributed by atoms with Crippen LogP contribution in [0.3, 0.4) is 0 Å². The van der Waals surface area contributed by atoms with Crippen molar-refractivity contribution in [2.45, 2.75) is 36.5 Å². The summed E-state index contributed by atoms with van der Waals surface area (Å²) < 4.78 is 123. The summed E-state index contributed by atoms with van der Waals surface area (Å²) in [5, 5.41) is 9.16. The van der Waals surface area contributed by atoms with Crippen molar-refractivity contribution in [1.29, 1.82) is 0 Å². The third-order valence-electron chi connectivity index (χ3n) is 9.19. The zero-order valence-electron chi connectivity index (χ0n) is 33.8. The quantitative estimate of drug-likeness (QED) is 0.0630. The smallest absolute Gasteiger partial charge is 0.338 e. The zero-order chi connectivity index (χ0) is 45.9. The van der Waals surface area contributed by atoms with Gasteiger partial charge in [0.05, 0.1) is 28.0 Å². The molecule has 0 saturated carbocycles. The first-order valence-electron chi connectivity index (χ1n) is 18.8. The van der Waals surface area contributed by atoms with Gasteiger partial charge in [0.25, 0.3) is 0 Å². The number of carboxylic acids is 1. The molecule has 0 heterocycles. The minimum Gasteiger partial charge on any atom is -0.478 e. The average Bonchev–Trinajstić information content (AvgIpc) is 3.24. The van der Waals surface area contributed by atoms with Gasteiger partial charge in [-0.05, 0) is 122 Å². The van der Waals surface area contributed by atoms with Crippen LogP contribution >= 0.6 is 0 Å². The number of hydrogen-bond acceptors (Lipinski definition) is 9. The highest BCUT2D eigenvalue weighted by molar-refractivity contribution is 7.89. The number of methoxy groups -OCH3 is 1. The van der Waals surface area contributed by atoms with Crippen LogP contribution in [0.1, 0.15) is 43.0 Å². The standard InChI is InChI=1S/C23H21F2NO5S.C22H19F2NO5S/c1-15-3-9-19(14-20(15)23(27)30-2)32(28,29)26-12-11-16-4-6-17(7-5-16)31-18-8-10-21(24)22(25)13-18;1-14-2-8-18(13-19(14)22(26)27)31(28,29)25-11-10-15-3-5-16(6-4-15)30-17-7-9-20(23)21(24)12-17/h3-10,13-14,26H,11-12H2,1-2H3;2-9,12-13,25H,10-11H2,1H3,(H,26,27). The van der Waals surface area contributed by atoms with Gasteiger partial charge in [0, 0.05) is 25.2 Å². The molecule has 0 aliphatic carbocycles. The van der Waals surface area contributed by atoms with E-state index in [0.29, 0.717) is 35.5 Å². The summed E-state index contributed by atoms with van der Waals surface area (Å²) in [5.41, 5.74) is 2.85. The Hall–Kier alpha value is -6.60. The van der Waals surface area contributed by atoms with Gasteiger partial charge >= 0.3 is 11.9 Å². The predicted octanol–water partition coefficient (Wildman–Crippen LogP) is 8.66. The van der Waals surface area contributed by atoms with Crippen molar-refractivity contribution in [3.8, 4) is 23.0 Å². The molecule has 0 saturated heterocycles. The van der Waals surface area contributed by atoms with Gasteiger partial charge in [-0.3, -0.25) is 0 Å². The fourth-order valence-corrected chi connectivity index (χ4v) is 7.84. The Morgan fingerprint density at radius 3 is 1.29 bits per heavy atom. The molecule has 330 valence electrons. The van der Waals surface area contributed by atoms with Gasteiger partial charge in [-0.25, -0.2) is 53.4 Å². The van der Waals surface area contributed by atoms with Crippen LogP contribution in [0.15, 0.2) is 131 Å². The molecule has 0 bridgehead atoms. The molecule has 3 N–H and O–H groups in total. The first-order chi connectivity index (χ1) is 29.8. The molecule has 6 rings (SSSR count). The summed E-state index contributed by atoms with van der Waals surface area (Å²) >= 11 is 0. The van der Waals surface area contributed by atoms with Crippen LogP contribution < -0.4 is 18.9 Å². The summed E-state index contributed by atoms with van der Waals surface area (Å²) in [6.45, 7) is 3.51. The molecule has 63 heavy (non-hydrogen) atoms. The van der Waals surface area contributed by atoms with Gasteiger partial charge in [0.1, 0.15) is 23.0 Å². The van der Waals surface area contributed by atoms with Gasteiger partial charge in [0.15, 0.2) is 23.3 Å². The second-order valence-electron chi connectivity index (χ2n) is 13.7. The van der Waals surface area contributed by atoms with Crippen LogP contribution in [-0.2, 0) is 37.6 Å². The number of halogens is 4. The maximum Gasteiger partial charge on any atom is 0.338 e. The fourth-order valence-electron chi connectivity index (χ4n) is 5.72. The Labute approximate surface area is 361 Å². The Morgan fingerprint density at radius 2 is 0.905 bits per heavy atom. The van der Waals surface area contributed by atoms with E-state index in [1.807, 2.05) is 0 Å². The van der Waals surface area contributed by atoms with E-state index in [-0.39, 0.29) is 45.5 Å². The fraction of sp³-hybridized carbons (Fsp3) is 0.156. The normalized spacial score (nSPS) is 11.3. The lowest BCUT2D eigenvalue weighted by Gasteiger charge is -2.10. The molecular formula is C45H40F4N2O10S2. The number of nitrogens with one attached hydrogen (secondary N) is 2. The SMILES string of the molecule is COC(=O)c1cc(S(=O)(=O)NCCc2ccc(Oc3ccc(F)c(F)c3)cc2)ccc1C.Cc1ccc(S(=O)(=O)NCCc2ccc(Oc3ccc(F)c(F)c3)cc2)cc1C(=O)O. The lowest BCUT2D eigenvalue weighted by molar-refractivity contribution is 0.0598. The number of aromatic carboxylic acids is 1. The van der Waals surface area contributed by atoms with Crippen LogP contribution in [0.25, 0.3) is 0 Å². The highest BCUT2D eigenvalue weighted by Crippen LogP contribution is 2.25. The van der Waals surface area contributed by atoms with Crippen molar-refractivity contribution in [2.75, 3.05) is 20.2 Å². The second-order valence-corrected chi connectivity index (χ2v) is 17.2. The molecule has 0 radical (unpaired) electrons. The van der Waals surface area contributed by atoms with Crippen LogP contribution in [-0.4, -0.2) is 54.1 Å². The highest BCUT2D eigenvalue weighted by atomic mass is 32.2. The summed E-state index contributed by atoms with van der Waals surface area (Å²) in [6.07, 6.45) is 0.780. The van der Waals surface area contributed by atoms with E-state index in [1.165, 1.54) is 43.5 Å². The number of ether oxygens (including phenoxy) is 3. The summed E-state index contributed by atoms with van der Waals surface area (Å²) in [4.78, 5) is 22.9. The lowest BCUT2D eigenvalue weighted by atomic mass is 10.1. The van der Waals surface area contributed by atoms with Gasteiger partial charge in [-0.1, -0.05) is 36.4 Å². The second kappa shape index (κ2) is 21.0. The molecule has 12 nitrogen and oxygen atoms in total. The Morgan fingerprint density at radius 1 is 0.524 bits per heavy atom. The van der Waals surface area contributed by atoms with Crippen molar-refractivity contribution in [3.63, 3.8) is 0 Å². The third-order valence-corrected chi connectivity index (χ3v) is 12.1. The minimum absolute atomic E-state index is 0.0289. The van der Waals surface area contributed by atoms with Crippen molar-refractivity contribution in [2.24, 2.45) is 0 Å². The molecule has 0 atom stereocenters. The Balaban J connectivity index is 0.000000238. The van der Waals surface area contributed by atoms with Gasteiger partial charge in [-0.2, -0.15) is 0 Å². The maximum atomic E-state index is 13.3. The molecule has 0 aromatic heterocycles. The van der Waals surface area contributed by atoms with Crippen molar-refractivity contribution < 1.29 is 63.3 Å². The number of sulfonamides is 2. The molecule has 0 spiro atoms. The van der Waals surface area contributed by atoms with E-state index in [4.69, 9.17) is 14.6 Å². The van der Waals surface area contributed by atoms with Gasteiger partial charge in [0.2, 0.25) is 20.0 Å². The van der Waals surface area contributed by atoms with E-state index in [0.717, 1.165) is 41.5 Å². The third kappa shape index (κ3) is 13.2. The van der Waals surface area contributed by atoms with Crippen LogP contribution in [0, 0.1) is 37.1 Å². The molecule has 0 aliphatic rings. The molecule has 0 unspecified atom stereocenters. The number of esters is 1. The van der Waals surface area contributed by atoms with Crippen LogP contribution in [0.5, 0.6) is 23.0 Å². The summed E-state index contributed by atoms with van der Waals surface area (Å²) in [6, 6.07) is 28.1. The summed E-state index contributed by atoms with van der Waals surface area (Å²) in [7, 11) is -6.45. The number of hydrogen-bond donors (Lipinski definition) is 3. The number of aryl methyl sites for hydroxylation is 2. The lowest BCUT2D eigenvalue weighted by Crippen LogP contribution is -2.26. The Kier molecular flexibility index (Phi) is 15.8. The van der Waals surface area contributed by atoms with Gasteiger partial charge in [-0.15, -0.1) is 0 Å². The van der Waals surface area contributed by atoms with Crippen molar-refractivity contribution >= 4 is 32.0 Å².